The Bertz CT molecular complexity index is 923. The van der Waals surface area contributed by atoms with E-state index in [2.05, 4.69) is 20.8 Å². The van der Waals surface area contributed by atoms with Crippen LogP contribution in [0.3, 0.4) is 0 Å². The maximum Gasteiger partial charge on any atom is 0.318 e. The van der Waals surface area contributed by atoms with E-state index < -0.39 is 5.82 Å². The number of nitrogens with one attached hydrogen (secondary N) is 2. The Morgan fingerprint density at radius 3 is 2.65 bits per heavy atom. The van der Waals surface area contributed by atoms with E-state index in [0.29, 0.717) is 10.0 Å². The molecule has 2 N–H and O–H groups in total. The van der Waals surface area contributed by atoms with Crippen molar-refractivity contribution in [2.45, 2.75) is 13.5 Å². The van der Waals surface area contributed by atoms with E-state index in [1.54, 1.807) is 18.2 Å². The molecule has 0 aliphatic heterocycles. The van der Waals surface area contributed by atoms with Crippen molar-refractivity contribution in [2.75, 3.05) is 10.9 Å². The molecule has 26 heavy (non-hydrogen) atoms. The molecule has 1 heterocycles. The summed E-state index contributed by atoms with van der Waals surface area (Å²) in [6, 6.07) is 12.8. The molecule has 0 saturated heterocycles. The summed E-state index contributed by atoms with van der Waals surface area (Å²) in [5.41, 5.74) is 8.25. The van der Waals surface area contributed by atoms with Gasteiger partial charge in [-0.3, -0.25) is 10.9 Å². The largest absolute Gasteiger partial charge is 0.459 e. The highest BCUT2D eigenvalue weighted by atomic mass is 35.5. The number of aryl methyl sites for hydroxylation is 1. The first kappa shape index (κ1) is 18.2. The second-order valence-corrected chi connectivity index (χ2v) is 6.27. The summed E-state index contributed by atoms with van der Waals surface area (Å²) in [6.07, 6.45) is 1.04. The monoisotopic (exact) mass is 392 g/mol. The van der Waals surface area contributed by atoms with Crippen LogP contribution in [0.25, 0.3) is 0 Å². The van der Waals surface area contributed by atoms with E-state index in [0.717, 1.165) is 23.0 Å². The normalized spacial score (nSPS) is 10.5. The van der Waals surface area contributed by atoms with Crippen LogP contribution in [0, 0.1) is 12.7 Å². The third-order valence-corrected chi connectivity index (χ3v) is 4.27. The minimum absolute atomic E-state index is 0.0209. The highest BCUT2D eigenvalue weighted by molar-refractivity contribution is 6.42. The summed E-state index contributed by atoms with van der Waals surface area (Å²) in [5.74, 6) is -0.625. The zero-order valence-electron chi connectivity index (χ0n) is 13.8. The Labute approximate surface area is 160 Å². The average Bonchev–Trinajstić information content (AvgIpc) is 2.64. The van der Waals surface area contributed by atoms with Crippen LogP contribution in [0.2, 0.25) is 10.0 Å². The topological polar surface area (TPSA) is 59.1 Å². The van der Waals surface area contributed by atoms with Crippen LogP contribution in [0.15, 0.2) is 48.7 Å². The summed E-state index contributed by atoms with van der Waals surface area (Å²) in [6.45, 7) is 2.11. The van der Waals surface area contributed by atoms with Crippen molar-refractivity contribution in [1.82, 2.24) is 9.97 Å². The molecule has 134 valence electrons. The lowest BCUT2D eigenvalue weighted by atomic mass is 10.2. The van der Waals surface area contributed by atoms with E-state index in [-0.39, 0.29) is 18.4 Å². The number of ether oxygens (including phenoxy) is 1. The van der Waals surface area contributed by atoms with Gasteiger partial charge in [-0.15, -0.1) is 0 Å². The van der Waals surface area contributed by atoms with Crippen molar-refractivity contribution >= 4 is 34.7 Å². The lowest BCUT2D eigenvalue weighted by molar-refractivity contribution is 0.280. The molecule has 0 spiro atoms. The molecule has 8 heteroatoms. The van der Waals surface area contributed by atoms with Crippen molar-refractivity contribution < 1.29 is 9.13 Å². The summed E-state index contributed by atoms with van der Waals surface area (Å²) >= 11 is 11.8. The summed E-state index contributed by atoms with van der Waals surface area (Å²) in [5, 5.41) is 0.889. The van der Waals surface area contributed by atoms with Crippen LogP contribution in [-0.2, 0) is 6.61 Å². The third kappa shape index (κ3) is 4.53. The fourth-order valence-corrected chi connectivity index (χ4v) is 2.45. The van der Waals surface area contributed by atoms with Gasteiger partial charge in [0, 0.05) is 0 Å². The minimum Gasteiger partial charge on any atom is -0.459 e. The van der Waals surface area contributed by atoms with E-state index in [1.165, 1.54) is 0 Å². The van der Waals surface area contributed by atoms with Crippen molar-refractivity contribution in [2.24, 2.45) is 0 Å². The van der Waals surface area contributed by atoms with Gasteiger partial charge in [0.25, 0.3) is 0 Å². The van der Waals surface area contributed by atoms with Crippen LogP contribution in [0.5, 0.6) is 6.01 Å². The van der Waals surface area contributed by atoms with Gasteiger partial charge in [-0.2, -0.15) is 4.98 Å². The van der Waals surface area contributed by atoms with Crippen LogP contribution in [-0.4, -0.2) is 9.97 Å². The second kappa shape index (κ2) is 8.21. The fraction of sp³-hybridized carbons (Fsp3) is 0.111. The smallest absolute Gasteiger partial charge is 0.318 e. The summed E-state index contributed by atoms with van der Waals surface area (Å²) < 4.78 is 19.4. The molecule has 2 aromatic carbocycles. The predicted molar refractivity (Wildman–Crippen MR) is 101 cm³/mol. The Morgan fingerprint density at radius 2 is 1.88 bits per heavy atom. The maximum atomic E-state index is 13.9. The van der Waals surface area contributed by atoms with E-state index in [9.17, 15) is 4.39 Å². The molecular formula is C18H15Cl2FN4O. The van der Waals surface area contributed by atoms with Gasteiger partial charge in [0.05, 0.1) is 21.9 Å². The molecule has 1 aromatic heterocycles. The SMILES string of the molecule is Cc1ccccc1NNc1nc(OCc2ccc(Cl)c(Cl)c2)ncc1F. The number of halogens is 3. The van der Waals surface area contributed by atoms with Gasteiger partial charge >= 0.3 is 6.01 Å². The Balaban J connectivity index is 1.67. The number of hydrogen-bond donors (Lipinski definition) is 2. The molecule has 0 radical (unpaired) electrons. The summed E-state index contributed by atoms with van der Waals surface area (Å²) in [4.78, 5) is 7.86. The van der Waals surface area contributed by atoms with Crippen molar-refractivity contribution in [3.8, 4) is 6.01 Å². The molecule has 0 atom stereocenters. The first-order chi connectivity index (χ1) is 12.5. The average molecular weight is 393 g/mol. The third-order valence-electron chi connectivity index (χ3n) is 3.53. The molecule has 0 amide bonds. The molecular weight excluding hydrogens is 378 g/mol. The first-order valence-corrected chi connectivity index (χ1v) is 8.45. The van der Waals surface area contributed by atoms with E-state index >= 15 is 0 Å². The predicted octanol–water partition coefficient (Wildman–Crippen LogP) is 5.25. The van der Waals surface area contributed by atoms with E-state index in [1.807, 2.05) is 31.2 Å². The molecule has 0 saturated carbocycles. The highest BCUT2D eigenvalue weighted by Crippen LogP contribution is 2.23. The first-order valence-electron chi connectivity index (χ1n) is 7.70. The molecule has 0 bridgehead atoms. The van der Waals surface area contributed by atoms with Crippen molar-refractivity contribution in [1.29, 1.82) is 0 Å². The second-order valence-electron chi connectivity index (χ2n) is 5.45. The summed E-state index contributed by atoms with van der Waals surface area (Å²) in [7, 11) is 0. The quantitative estimate of drug-likeness (QED) is 0.561. The number of hydrazine groups is 1. The fourth-order valence-electron chi connectivity index (χ4n) is 2.13. The zero-order chi connectivity index (χ0) is 18.5. The number of rotatable bonds is 6. The van der Waals surface area contributed by atoms with E-state index in [4.69, 9.17) is 27.9 Å². The molecule has 0 unspecified atom stereocenters. The van der Waals surface area contributed by atoms with Gasteiger partial charge in [0.1, 0.15) is 6.61 Å². The van der Waals surface area contributed by atoms with Crippen LogP contribution < -0.4 is 15.6 Å². The number of para-hydroxylation sites is 1. The lowest BCUT2D eigenvalue weighted by Crippen LogP contribution is -2.13. The molecule has 5 nitrogen and oxygen atoms in total. The molecule has 3 aromatic rings. The minimum atomic E-state index is -0.604. The molecule has 0 aliphatic rings. The molecule has 0 aliphatic carbocycles. The highest BCUT2D eigenvalue weighted by Gasteiger charge is 2.09. The number of hydrogen-bond acceptors (Lipinski definition) is 5. The molecule has 0 fully saturated rings. The standard InChI is InChI=1S/C18H15Cl2FN4O/c1-11-4-2-3-5-16(11)24-25-17-15(21)9-22-18(23-17)26-10-12-6-7-13(19)14(20)8-12/h2-9,24H,10H2,1H3,(H,22,23,25). The number of anilines is 2. The maximum absolute atomic E-state index is 13.9. The number of aromatic nitrogens is 2. The van der Waals surface area contributed by atoms with Crippen LogP contribution in [0.1, 0.15) is 11.1 Å². The zero-order valence-corrected chi connectivity index (χ0v) is 15.3. The molecule has 3 rings (SSSR count). The lowest BCUT2D eigenvalue weighted by Gasteiger charge is -2.12. The van der Waals surface area contributed by atoms with Crippen molar-refractivity contribution in [3.05, 3.63) is 75.7 Å². The Kier molecular flexibility index (Phi) is 5.75. The Morgan fingerprint density at radius 1 is 1.08 bits per heavy atom. The van der Waals surface area contributed by atoms with Gasteiger partial charge in [0.15, 0.2) is 11.6 Å². The van der Waals surface area contributed by atoms with Crippen LogP contribution >= 0.6 is 23.2 Å². The van der Waals surface area contributed by atoms with Gasteiger partial charge < -0.3 is 4.74 Å². The van der Waals surface area contributed by atoms with Gasteiger partial charge in [-0.05, 0) is 36.2 Å². The van der Waals surface area contributed by atoms with Gasteiger partial charge in [-0.1, -0.05) is 47.5 Å². The van der Waals surface area contributed by atoms with Crippen molar-refractivity contribution in [3.63, 3.8) is 0 Å². The van der Waals surface area contributed by atoms with Crippen LogP contribution in [0.4, 0.5) is 15.9 Å². The number of nitrogens with zero attached hydrogens (tertiary/aromatic N) is 2. The van der Waals surface area contributed by atoms with Gasteiger partial charge in [-0.25, -0.2) is 9.37 Å². The number of benzene rings is 2. The van der Waals surface area contributed by atoms with Gasteiger partial charge in [0.2, 0.25) is 0 Å². The Hall–Kier alpha value is -2.57.